The molecule has 0 radical (unpaired) electrons. The second-order valence-electron chi connectivity index (χ2n) is 13.3. The van der Waals surface area contributed by atoms with Gasteiger partial charge < -0.3 is 29.5 Å². The first-order valence-corrected chi connectivity index (χ1v) is 18.2. The molecule has 2 N–H and O–H groups in total. The van der Waals surface area contributed by atoms with Crippen molar-refractivity contribution in [1.29, 1.82) is 5.26 Å². The number of nitrogens with one attached hydrogen (secondary N) is 1. The molecule has 0 amide bonds. The Balaban J connectivity index is 1.14. The number of nitrogens with zero attached hydrogens (tertiary/aromatic N) is 7. The van der Waals surface area contributed by atoms with E-state index in [1.807, 2.05) is 37.4 Å². The molecule has 1 saturated heterocycles. The quantitative estimate of drug-likeness (QED) is 0.113. The SMILES string of the molecule is Cc1c(COc2cc(OCc3cncc(C#N)c3)c(CNCCc3nnnn3C)cc2Cl)cccc1-c1cccc(OCCCN2CCC(O)C2)c1C. The van der Waals surface area contributed by atoms with Gasteiger partial charge in [0.25, 0.3) is 0 Å². The second-order valence-corrected chi connectivity index (χ2v) is 13.7. The molecule has 3 aromatic carbocycles. The van der Waals surface area contributed by atoms with Gasteiger partial charge >= 0.3 is 0 Å². The van der Waals surface area contributed by atoms with E-state index >= 15 is 0 Å². The zero-order chi connectivity index (χ0) is 37.2. The number of benzene rings is 3. The number of tetrazole rings is 1. The fourth-order valence-corrected chi connectivity index (χ4v) is 6.71. The minimum atomic E-state index is -0.204. The number of aromatic nitrogens is 5. The van der Waals surface area contributed by atoms with Crippen molar-refractivity contribution in [3.05, 3.63) is 111 Å². The van der Waals surface area contributed by atoms with Crippen molar-refractivity contribution < 1.29 is 19.3 Å². The van der Waals surface area contributed by atoms with E-state index in [4.69, 9.17) is 25.8 Å². The zero-order valence-electron chi connectivity index (χ0n) is 30.4. The van der Waals surface area contributed by atoms with Crippen molar-refractivity contribution in [2.45, 2.75) is 59.0 Å². The van der Waals surface area contributed by atoms with Crippen LogP contribution in [0.2, 0.25) is 5.02 Å². The van der Waals surface area contributed by atoms with E-state index < -0.39 is 0 Å². The van der Waals surface area contributed by atoms with E-state index in [1.54, 1.807) is 16.9 Å². The number of aryl methyl sites for hydroxylation is 1. The van der Waals surface area contributed by atoms with E-state index in [9.17, 15) is 10.4 Å². The van der Waals surface area contributed by atoms with Crippen LogP contribution in [0, 0.1) is 25.2 Å². The van der Waals surface area contributed by atoms with Gasteiger partial charge in [0.05, 0.1) is 23.3 Å². The molecule has 1 aliphatic rings. The number of β-amino-alcohol motifs (C(OH)–C–C–N with tert-alkyl or cyclic N) is 1. The van der Waals surface area contributed by atoms with Crippen LogP contribution in [0.25, 0.3) is 11.1 Å². The van der Waals surface area contributed by atoms with Gasteiger partial charge in [-0.2, -0.15) is 5.26 Å². The van der Waals surface area contributed by atoms with Gasteiger partial charge in [-0.1, -0.05) is 41.9 Å². The number of halogens is 1. The van der Waals surface area contributed by atoms with E-state index in [1.165, 1.54) is 6.20 Å². The fraction of sp³-hybridized carbons (Fsp3) is 0.375. The number of pyridine rings is 1. The summed E-state index contributed by atoms with van der Waals surface area (Å²) in [6, 6.07) is 20.0. The average Bonchev–Trinajstić information content (AvgIpc) is 3.78. The summed E-state index contributed by atoms with van der Waals surface area (Å²) < 4.78 is 20.6. The maximum atomic E-state index is 9.80. The highest BCUT2D eigenvalue weighted by atomic mass is 35.5. The van der Waals surface area contributed by atoms with Crippen LogP contribution >= 0.6 is 11.6 Å². The van der Waals surface area contributed by atoms with Crippen LogP contribution in [0.4, 0.5) is 0 Å². The Bertz CT molecular complexity index is 2050. The predicted molar refractivity (Wildman–Crippen MR) is 202 cm³/mol. The van der Waals surface area contributed by atoms with Crippen molar-refractivity contribution >= 4 is 11.6 Å². The van der Waals surface area contributed by atoms with Crippen LogP contribution in [-0.2, 0) is 33.2 Å². The molecule has 0 spiro atoms. The summed E-state index contributed by atoms with van der Waals surface area (Å²) in [7, 11) is 1.81. The molecule has 13 heteroatoms. The maximum absolute atomic E-state index is 9.80. The maximum Gasteiger partial charge on any atom is 0.152 e. The lowest BCUT2D eigenvalue weighted by atomic mass is 9.93. The van der Waals surface area contributed by atoms with Crippen LogP contribution in [-0.4, -0.2) is 74.1 Å². The summed E-state index contributed by atoms with van der Waals surface area (Å²) >= 11 is 6.83. The number of aliphatic hydroxyl groups excluding tert-OH is 1. The predicted octanol–water partition coefficient (Wildman–Crippen LogP) is 5.74. The smallest absolute Gasteiger partial charge is 0.152 e. The lowest BCUT2D eigenvalue weighted by Gasteiger charge is -2.19. The molecular weight excluding hydrogens is 692 g/mol. The summed E-state index contributed by atoms with van der Waals surface area (Å²) in [4.78, 5) is 6.45. The average molecular weight is 737 g/mol. The van der Waals surface area contributed by atoms with Crippen molar-refractivity contribution in [3.8, 4) is 34.4 Å². The summed E-state index contributed by atoms with van der Waals surface area (Å²) in [5.41, 5.74) is 7.54. The highest BCUT2D eigenvalue weighted by molar-refractivity contribution is 6.32. The van der Waals surface area contributed by atoms with E-state index in [0.29, 0.717) is 54.8 Å². The van der Waals surface area contributed by atoms with Gasteiger partial charge in [0.2, 0.25) is 0 Å². The van der Waals surface area contributed by atoms with Gasteiger partial charge in [0.1, 0.15) is 36.5 Å². The van der Waals surface area contributed by atoms with Gasteiger partial charge in [-0.15, -0.1) is 5.10 Å². The fourth-order valence-electron chi connectivity index (χ4n) is 6.47. The molecule has 12 nitrogen and oxygen atoms in total. The summed E-state index contributed by atoms with van der Waals surface area (Å²) in [6.45, 7) is 9.09. The summed E-state index contributed by atoms with van der Waals surface area (Å²) in [5.74, 6) is 2.76. The molecule has 0 saturated carbocycles. The first-order valence-electron chi connectivity index (χ1n) is 17.8. The third-order valence-corrected chi connectivity index (χ3v) is 9.80. The van der Waals surface area contributed by atoms with Crippen molar-refractivity contribution in [3.63, 3.8) is 0 Å². The van der Waals surface area contributed by atoms with E-state index in [0.717, 1.165) is 83.0 Å². The number of aliphatic hydroxyl groups is 1. The molecule has 1 atom stereocenters. The summed E-state index contributed by atoms with van der Waals surface area (Å²) in [6.07, 6.45) is 5.41. The standard InChI is InChI=1S/C40H45ClN8O4/c1-27-31(7-4-8-34(27)35-9-5-10-37(28(35)2)51-16-6-14-49-15-12-33(50)24-49)26-53-39-19-38(52-25-30-17-29(20-42)21-44-22-30)32(18-36(39)41)23-43-13-11-40-45-46-47-48(40)3/h4-5,7-10,17-19,21-22,33,43,50H,6,11-16,23-26H2,1-3H3. The number of ether oxygens (including phenoxy) is 3. The zero-order valence-corrected chi connectivity index (χ0v) is 31.1. The molecule has 1 unspecified atom stereocenters. The number of hydrogen-bond acceptors (Lipinski definition) is 11. The number of hydrogen-bond donors (Lipinski definition) is 2. The van der Waals surface area contributed by atoms with Crippen molar-refractivity contribution in [1.82, 2.24) is 35.4 Å². The Morgan fingerprint density at radius 1 is 0.962 bits per heavy atom. The Labute approximate surface area is 315 Å². The molecule has 276 valence electrons. The Morgan fingerprint density at radius 3 is 2.55 bits per heavy atom. The van der Waals surface area contributed by atoms with Crippen LogP contribution in [0.3, 0.4) is 0 Å². The van der Waals surface area contributed by atoms with Crippen LogP contribution in [0.15, 0.2) is 67.0 Å². The molecule has 1 fully saturated rings. The molecule has 0 bridgehead atoms. The van der Waals surface area contributed by atoms with E-state index in [-0.39, 0.29) is 12.7 Å². The van der Waals surface area contributed by atoms with Crippen molar-refractivity contribution in [2.24, 2.45) is 7.05 Å². The minimum absolute atomic E-state index is 0.204. The molecule has 6 rings (SSSR count). The number of rotatable bonds is 17. The third-order valence-electron chi connectivity index (χ3n) is 9.51. The summed E-state index contributed by atoms with van der Waals surface area (Å²) in [5, 5.41) is 34.7. The molecule has 5 aromatic rings. The molecule has 1 aliphatic heterocycles. The number of likely N-dealkylation sites (tertiary alicyclic amines) is 1. The largest absolute Gasteiger partial charge is 0.493 e. The topological polar surface area (TPSA) is 143 Å². The van der Waals surface area contributed by atoms with Crippen molar-refractivity contribution in [2.75, 3.05) is 32.8 Å². The van der Waals surface area contributed by atoms with Gasteiger partial charge in [-0.25, -0.2) is 4.68 Å². The normalized spacial score (nSPS) is 14.3. The van der Waals surface area contributed by atoms with Gasteiger partial charge in [-0.05, 0) is 83.1 Å². The first-order chi connectivity index (χ1) is 25.8. The lowest BCUT2D eigenvalue weighted by molar-refractivity contribution is 0.173. The molecule has 53 heavy (non-hydrogen) atoms. The lowest BCUT2D eigenvalue weighted by Crippen LogP contribution is -2.24. The highest BCUT2D eigenvalue weighted by Crippen LogP contribution is 2.36. The minimum Gasteiger partial charge on any atom is -0.493 e. The Hall–Kier alpha value is -5.06. The van der Waals surface area contributed by atoms with E-state index in [2.05, 4.69) is 68.8 Å². The monoisotopic (exact) mass is 736 g/mol. The van der Waals surface area contributed by atoms with Gasteiger partial charge in [-0.3, -0.25) is 4.98 Å². The molecule has 2 aromatic heterocycles. The first kappa shape index (κ1) is 37.7. The highest BCUT2D eigenvalue weighted by Gasteiger charge is 2.20. The third kappa shape index (κ3) is 9.88. The van der Waals surface area contributed by atoms with Crippen LogP contribution in [0.1, 0.15) is 52.0 Å². The second kappa shape index (κ2) is 18.1. The van der Waals surface area contributed by atoms with Gasteiger partial charge in [0, 0.05) is 75.8 Å². The van der Waals surface area contributed by atoms with Crippen LogP contribution < -0.4 is 19.5 Å². The Kier molecular flexibility index (Phi) is 12.9. The molecule has 0 aliphatic carbocycles. The Morgan fingerprint density at radius 2 is 1.77 bits per heavy atom. The number of nitriles is 1. The molecular formula is C40H45ClN8O4. The van der Waals surface area contributed by atoms with Gasteiger partial charge in [0.15, 0.2) is 5.82 Å². The molecule has 3 heterocycles. The van der Waals surface area contributed by atoms with Crippen LogP contribution in [0.5, 0.6) is 17.2 Å².